The number of hydrogen-bond acceptors (Lipinski definition) is 4. The molecule has 4 rings (SSSR count). The van der Waals surface area contributed by atoms with Crippen molar-refractivity contribution in [3.63, 3.8) is 0 Å². The number of rotatable bonds is 4. The molecule has 126 valence electrons. The molecule has 6 nitrogen and oxygen atoms in total. The third-order valence-corrected chi connectivity index (χ3v) is 4.56. The molecule has 0 radical (unpaired) electrons. The molecule has 0 saturated carbocycles. The Labute approximate surface area is 145 Å². The van der Waals surface area contributed by atoms with Gasteiger partial charge >= 0.3 is 0 Å². The van der Waals surface area contributed by atoms with Gasteiger partial charge in [0.1, 0.15) is 12.2 Å². The van der Waals surface area contributed by atoms with Crippen molar-refractivity contribution in [2.75, 3.05) is 5.32 Å². The third kappa shape index (κ3) is 3.57. The van der Waals surface area contributed by atoms with E-state index in [0.29, 0.717) is 5.92 Å². The van der Waals surface area contributed by atoms with Gasteiger partial charge in [-0.05, 0) is 36.2 Å². The van der Waals surface area contributed by atoms with Gasteiger partial charge in [0.2, 0.25) is 5.91 Å². The lowest BCUT2D eigenvalue weighted by Gasteiger charge is -2.23. The van der Waals surface area contributed by atoms with Crippen molar-refractivity contribution in [1.29, 1.82) is 0 Å². The van der Waals surface area contributed by atoms with Gasteiger partial charge in [-0.15, -0.1) is 10.2 Å². The minimum Gasteiger partial charge on any atom is -0.326 e. The van der Waals surface area contributed by atoms with E-state index < -0.39 is 0 Å². The first-order valence-electron chi connectivity index (χ1n) is 8.44. The highest BCUT2D eigenvalue weighted by Gasteiger charge is 2.20. The molecule has 0 aliphatic carbocycles. The van der Waals surface area contributed by atoms with Gasteiger partial charge < -0.3 is 9.88 Å². The van der Waals surface area contributed by atoms with Crippen LogP contribution < -0.4 is 5.32 Å². The summed E-state index contributed by atoms with van der Waals surface area (Å²) in [5.74, 6) is 1.47. The van der Waals surface area contributed by atoms with Crippen molar-refractivity contribution in [2.24, 2.45) is 0 Å². The molecule has 25 heavy (non-hydrogen) atoms. The normalized spacial score (nSPS) is 16.2. The second-order valence-electron chi connectivity index (χ2n) is 6.30. The van der Waals surface area contributed by atoms with E-state index in [1.54, 1.807) is 12.5 Å². The lowest BCUT2D eigenvalue weighted by Crippen LogP contribution is -2.18. The molecule has 1 aliphatic rings. The number of pyridine rings is 1. The number of carbonyl (C=O) groups excluding carboxylic acids is 1. The molecule has 3 heterocycles. The molecular weight excluding hydrogens is 314 g/mol. The molecule has 1 atom stereocenters. The maximum absolute atomic E-state index is 12.1. The number of aromatic nitrogens is 4. The number of amides is 1. The second kappa shape index (κ2) is 6.84. The summed E-state index contributed by atoms with van der Waals surface area (Å²) in [6, 6.07) is 13.7. The van der Waals surface area contributed by atoms with E-state index in [4.69, 9.17) is 0 Å². The van der Waals surface area contributed by atoms with E-state index in [2.05, 4.69) is 37.2 Å². The monoisotopic (exact) mass is 333 g/mol. The quantitative estimate of drug-likeness (QED) is 0.796. The number of hydrogen-bond donors (Lipinski definition) is 1. The van der Waals surface area contributed by atoms with Crippen LogP contribution in [0, 0.1) is 0 Å². The Morgan fingerprint density at radius 2 is 2.08 bits per heavy atom. The number of nitrogens with one attached hydrogen (secondary N) is 1. The van der Waals surface area contributed by atoms with Gasteiger partial charge in [0.05, 0.1) is 6.42 Å². The molecule has 0 bridgehead atoms. The van der Waals surface area contributed by atoms with Crippen LogP contribution in [0.5, 0.6) is 0 Å². The molecule has 2 aromatic heterocycles. The van der Waals surface area contributed by atoms with Crippen LogP contribution in [-0.2, 0) is 24.2 Å². The van der Waals surface area contributed by atoms with Crippen LogP contribution in [0.1, 0.15) is 29.4 Å². The van der Waals surface area contributed by atoms with Gasteiger partial charge in [-0.2, -0.15) is 0 Å². The Balaban J connectivity index is 1.38. The van der Waals surface area contributed by atoms with Crippen molar-refractivity contribution in [2.45, 2.75) is 31.7 Å². The Morgan fingerprint density at radius 1 is 1.20 bits per heavy atom. The summed E-state index contributed by atoms with van der Waals surface area (Å²) >= 11 is 0. The summed E-state index contributed by atoms with van der Waals surface area (Å²) in [7, 11) is 0. The number of nitrogens with zero attached hydrogens (tertiary/aromatic N) is 4. The lowest BCUT2D eigenvalue weighted by molar-refractivity contribution is -0.115. The van der Waals surface area contributed by atoms with Crippen LogP contribution in [0.4, 0.5) is 5.69 Å². The zero-order valence-corrected chi connectivity index (χ0v) is 13.8. The lowest BCUT2D eigenvalue weighted by atomic mass is 9.91. The van der Waals surface area contributed by atoms with E-state index in [0.717, 1.165) is 36.6 Å². The predicted octanol–water partition coefficient (Wildman–Crippen LogP) is 2.58. The summed E-state index contributed by atoms with van der Waals surface area (Å²) in [6.45, 7) is 0.910. The molecule has 1 amide bonds. The number of fused-ring (bicyclic) bond motifs is 1. The van der Waals surface area contributed by atoms with E-state index >= 15 is 0 Å². The first kappa shape index (κ1) is 15.5. The smallest absolute Gasteiger partial charge is 0.230 e. The second-order valence-corrected chi connectivity index (χ2v) is 6.30. The van der Waals surface area contributed by atoms with Crippen molar-refractivity contribution < 1.29 is 4.79 Å². The molecule has 3 aromatic rings. The molecule has 0 saturated heterocycles. The minimum atomic E-state index is -0.0572. The van der Waals surface area contributed by atoms with Gasteiger partial charge in [-0.25, -0.2) is 0 Å². The van der Waals surface area contributed by atoms with Crippen molar-refractivity contribution in [3.8, 4) is 0 Å². The summed E-state index contributed by atoms with van der Waals surface area (Å²) < 4.78 is 2.12. The van der Waals surface area contributed by atoms with Crippen LogP contribution >= 0.6 is 0 Å². The van der Waals surface area contributed by atoms with Gasteiger partial charge in [0, 0.05) is 36.5 Å². The molecule has 0 spiro atoms. The fourth-order valence-electron chi connectivity index (χ4n) is 3.24. The SMILES string of the molecule is O=C(Cc1ccccn1)Nc1ccc([C@@H]2CCc3nncn3C2)cc1. The summed E-state index contributed by atoms with van der Waals surface area (Å²) in [5.41, 5.74) is 2.86. The van der Waals surface area contributed by atoms with Gasteiger partial charge in [0.15, 0.2) is 0 Å². The highest BCUT2D eigenvalue weighted by molar-refractivity contribution is 5.92. The van der Waals surface area contributed by atoms with Gasteiger partial charge in [-0.3, -0.25) is 9.78 Å². The molecular formula is C19H19N5O. The molecule has 1 N–H and O–H groups in total. The molecule has 0 unspecified atom stereocenters. The van der Waals surface area contributed by atoms with E-state index in [1.165, 1.54) is 5.56 Å². The van der Waals surface area contributed by atoms with Crippen LogP contribution in [0.3, 0.4) is 0 Å². The number of aryl methyl sites for hydroxylation is 1. The van der Waals surface area contributed by atoms with Crippen LogP contribution in [0.2, 0.25) is 0 Å². The summed E-state index contributed by atoms with van der Waals surface area (Å²) in [6.07, 6.45) is 5.80. The highest BCUT2D eigenvalue weighted by atomic mass is 16.1. The van der Waals surface area contributed by atoms with Crippen LogP contribution in [-0.4, -0.2) is 25.7 Å². The average molecular weight is 333 g/mol. The van der Waals surface area contributed by atoms with Gasteiger partial charge in [-0.1, -0.05) is 18.2 Å². The Bertz CT molecular complexity index is 857. The first-order chi connectivity index (χ1) is 12.3. The maximum Gasteiger partial charge on any atom is 0.230 e. The molecule has 1 aliphatic heterocycles. The fraction of sp³-hybridized carbons (Fsp3) is 0.263. The third-order valence-electron chi connectivity index (χ3n) is 4.56. The molecule has 0 fully saturated rings. The molecule has 1 aromatic carbocycles. The van der Waals surface area contributed by atoms with E-state index in [9.17, 15) is 4.79 Å². The minimum absolute atomic E-state index is 0.0572. The van der Waals surface area contributed by atoms with Crippen LogP contribution in [0.15, 0.2) is 55.0 Å². The Kier molecular flexibility index (Phi) is 4.24. The largest absolute Gasteiger partial charge is 0.326 e. The van der Waals surface area contributed by atoms with Crippen molar-refractivity contribution >= 4 is 11.6 Å². The Morgan fingerprint density at radius 3 is 2.88 bits per heavy atom. The summed E-state index contributed by atoms with van der Waals surface area (Å²) in [4.78, 5) is 16.3. The Hall–Kier alpha value is -3.02. The first-order valence-corrected chi connectivity index (χ1v) is 8.44. The zero-order valence-electron chi connectivity index (χ0n) is 13.8. The predicted molar refractivity (Wildman–Crippen MR) is 94.1 cm³/mol. The van der Waals surface area contributed by atoms with E-state index in [-0.39, 0.29) is 12.3 Å². The average Bonchev–Trinajstić information content (AvgIpc) is 3.11. The van der Waals surface area contributed by atoms with Crippen molar-refractivity contribution in [1.82, 2.24) is 19.7 Å². The zero-order chi connectivity index (χ0) is 17.1. The summed E-state index contributed by atoms with van der Waals surface area (Å²) in [5, 5.41) is 11.0. The van der Waals surface area contributed by atoms with E-state index in [1.807, 2.05) is 30.3 Å². The number of carbonyl (C=O) groups is 1. The molecule has 6 heteroatoms. The standard InChI is InChI=1S/C19H19N5O/c25-19(11-17-3-1-2-10-20-17)22-16-7-4-14(5-8-16)15-6-9-18-23-21-13-24(18)12-15/h1-5,7-8,10,13,15H,6,9,11-12H2,(H,22,25)/t15-/m1/s1. The number of benzene rings is 1. The van der Waals surface area contributed by atoms with Crippen molar-refractivity contribution in [3.05, 3.63) is 72.1 Å². The number of anilines is 1. The fourth-order valence-corrected chi connectivity index (χ4v) is 3.24. The van der Waals surface area contributed by atoms with Gasteiger partial charge in [0.25, 0.3) is 0 Å². The maximum atomic E-state index is 12.1. The highest BCUT2D eigenvalue weighted by Crippen LogP contribution is 2.28. The topological polar surface area (TPSA) is 72.7 Å². The van der Waals surface area contributed by atoms with Crippen LogP contribution in [0.25, 0.3) is 0 Å².